The lowest BCUT2D eigenvalue weighted by molar-refractivity contribution is 0.0600. The molecular weight excluding hydrogens is 524 g/mol. The van der Waals surface area contributed by atoms with E-state index in [0.717, 1.165) is 62.1 Å². The highest BCUT2D eigenvalue weighted by molar-refractivity contribution is 6.15. The Morgan fingerprint density at radius 2 is 1.57 bits per heavy atom. The molecule has 5 aromatic carbocycles. The zero-order valence-electron chi connectivity index (χ0n) is 23.8. The second-order valence-electron chi connectivity index (χ2n) is 10.7. The van der Waals surface area contributed by atoms with Gasteiger partial charge in [-0.05, 0) is 54.3 Å². The van der Waals surface area contributed by atoms with E-state index in [2.05, 4.69) is 37.3 Å². The van der Waals surface area contributed by atoms with Gasteiger partial charge in [0.1, 0.15) is 17.2 Å². The molecule has 0 saturated carbocycles. The molecule has 0 saturated heterocycles. The van der Waals surface area contributed by atoms with Gasteiger partial charge in [-0.15, -0.1) is 0 Å². The molecule has 5 aromatic rings. The van der Waals surface area contributed by atoms with Gasteiger partial charge in [-0.2, -0.15) is 0 Å². The van der Waals surface area contributed by atoms with Crippen LogP contribution in [0.15, 0.2) is 97.1 Å². The summed E-state index contributed by atoms with van der Waals surface area (Å²) in [5, 5.41) is 1.88. The van der Waals surface area contributed by atoms with Crippen molar-refractivity contribution in [3.05, 3.63) is 130 Å². The summed E-state index contributed by atoms with van der Waals surface area (Å²) in [6.45, 7) is 2.67. The zero-order chi connectivity index (χ0) is 28.8. The SMILES string of the molecule is COC(=O)c1c2c(c3c4c(ccc3c1-c1ccccc1)OCC4)OC(c1ccc(C)cc1)(c1ccc(OC)cc1)C=C2. The minimum absolute atomic E-state index is 0.413. The van der Waals surface area contributed by atoms with Crippen LogP contribution in [0.5, 0.6) is 17.2 Å². The van der Waals surface area contributed by atoms with Crippen LogP contribution in [0.4, 0.5) is 0 Å². The lowest BCUT2D eigenvalue weighted by atomic mass is 9.80. The predicted octanol–water partition coefficient (Wildman–Crippen LogP) is 7.89. The van der Waals surface area contributed by atoms with Crippen molar-refractivity contribution in [2.45, 2.75) is 18.9 Å². The molecule has 5 nitrogen and oxygen atoms in total. The molecule has 208 valence electrons. The maximum atomic E-state index is 13.6. The molecule has 0 radical (unpaired) electrons. The Labute approximate surface area is 244 Å². The lowest BCUT2D eigenvalue weighted by Gasteiger charge is -2.38. The van der Waals surface area contributed by atoms with Crippen LogP contribution in [0.2, 0.25) is 0 Å². The van der Waals surface area contributed by atoms with Crippen LogP contribution in [-0.2, 0) is 16.8 Å². The number of hydrogen-bond acceptors (Lipinski definition) is 5. The highest BCUT2D eigenvalue weighted by Gasteiger charge is 2.41. The van der Waals surface area contributed by atoms with Crippen molar-refractivity contribution in [2.24, 2.45) is 0 Å². The number of carbonyl (C=O) groups excluding carboxylic acids is 1. The van der Waals surface area contributed by atoms with Crippen LogP contribution < -0.4 is 14.2 Å². The standard InChI is InChI=1S/C37H30O5/c1-23-9-11-25(12-10-23)37(26-13-15-27(39-2)16-14-26)21-19-30-34(36(38)40-3)32(24-7-5-4-6-8-24)29-17-18-31-28(20-22-41-31)33(29)35(30)42-37/h4-19,21H,20,22H2,1-3H3. The van der Waals surface area contributed by atoms with Crippen molar-refractivity contribution < 1.29 is 23.7 Å². The molecule has 0 amide bonds. The number of ether oxygens (including phenoxy) is 4. The van der Waals surface area contributed by atoms with E-state index in [4.69, 9.17) is 18.9 Å². The van der Waals surface area contributed by atoms with Gasteiger partial charge in [0.25, 0.3) is 0 Å². The summed E-state index contributed by atoms with van der Waals surface area (Å²) in [5.41, 5.74) is 6.14. The maximum absolute atomic E-state index is 13.6. The fourth-order valence-electron chi connectivity index (χ4n) is 6.26. The molecule has 0 bridgehead atoms. The molecule has 5 heteroatoms. The first kappa shape index (κ1) is 25.9. The highest BCUT2D eigenvalue weighted by atomic mass is 16.5. The van der Waals surface area contributed by atoms with Gasteiger partial charge < -0.3 is 18.9 Å². The number of methoxy groups -OCH3 is 2. The van der Waals surface area contributed by atoms with Crippen LogP contribution in [-0.4, -0.2) is 26.8 Å². The number of hydrogen-bond donors (Lipinski definition) is 0. The third-order valence-electron chi connectivity index (χ3n) is 8.34. The van der Waals surface area contributed by atoms with E-state index >= 15 is 0 Å². The van der Waals surface area contributed by atoms with Crippen molar-refractivity contribution in [3.63, 3.8) is 0 Å². The topological polar surface area (TPSA) is 54.0 Å². The summed E-state index contributed by atoms with van der Waals surface area (Å²) >= 11 is 0. The van der Waals surface area contributed by atoms with Crippen molar-refractivity contribution in [1.29, 1.82) is 0 Å². The van der Waals surface area contributed by atoms with Crippen molar-refractivity contribution >= 4 is 22.8 Å². The second kappa shape index (κ2) is 10.1. The van der Waals surface area contributed by atoms with Gasteiger partial charge in [0, 0.05) is 39.6 Å². The van der Waals surface area contributed by atoms with Crippen molar-refractivity contribution in [1.82, 2.24) is 0 Å². The molecule has 0 fully saturated rings. The van der Waals surface area contributed by atoms with Crippen LogP contribution in [0.1, 0.15) is 38.2 Å². The Bertz CT molecular complexity index is 1850. The molecule has 0 N–H and O–H groups in total. The summed E-state index contributed by atoms with van der Waals surface area (Å²) in [6.07, 6.45) is 4.82. The number of fused-ring (bicyclic) bond motifs is 5. The number of carbonyl (C=O) groups is 1. The molecule has 2 aliphatic heterocycles. The average molecular weight is 555 g/mol. The summed E-state index contributed by atoms with van der Waals surface area (Å²) in [6, 6.07) is 30.4. The van der Waals surface area contributed by atoms with Crippen molar-refractivity contribution in [2.75, 3.05) is 20.8 Å². The van der Waals surface area contributed by atoms with Gasteiger partial charge in [0.05, 0.1) is 26.4 Å². The van der Waals surface area contributed by atoms with E-state index in [1.165, 1.54) is 7.11 Å². The molecule has 0 aliphatic carbocycles. The summed E-state index contributed by atoms with van der Waals surface area (Å²) in [5.74, 6) is 1.84. The van der Waals surface area contributed by atoms with Crippen LogP contribution in [0.3, 0.4) is 0 Å². The maximum Gasteiger partial charge on any atom is 0.339 e. The Morgan fingerprint density at radius 1 is 0.857 bits per heavy atom. The molecule has 7 rings (SSSR count). The number of aryl methyl sites for hydroxylation is 1. The van der Waals surface area contributed by atoms with Gasteiger partial charge in [-0.3, -0.25) is 0 Å². The van der Waals surface area contributed by atoms with Crippen molar-refractivity contribution in [3.8, 4) is 28.4 Å². The van der Waals surface area contributed by atoms with E-state index in [0.29, 0.717) is 23.5 Å². The molecule has 42 heavy (non-hydrogen) atoms. The minimum Gasteiger partial charge on any atom is -0.497 e. The van der Waals surface area contributed by atoms with E-state index in [1.807, 2.05) is 72.8 Å². The number of benzene rings is 5. The molecule has 1 atom stereocenters. The molecule has 0 spiro atoms. The van der Waals surface area contributed by atoms with Gasteiger partial charge in [-0.1, -0.05) is 72.3 Å². The van der Waals surface area contributed by atoms with Gasteiger partial charge in [-0.25, -0.2) is 4.79 Å². The average Bonchev–Trinajstić information content (AvgIpc) is 3.53. The van der Waals surface area contributed by atoms with Crippen LogP contribution in [0.25, 0.3) is 28.0 Å². The summed E-state index contributed by atoms with van der Waals surface area (Å²) in [4.78, 5) is 13.6. The molecule has 0 aromatic heterocycles. The van der Waals surface area contributed by atoms with Crippen LogP contribution in [0, 0.1) is 6.92 Å². The zero-order valence-corrected chi connectivity index (χ0v) is 23.8. The molecular formula is C37H30O5. The second-order valence-corrected chi connectivity index (χ2v) is 10.7. The Hall–Kier alpha value is -5.03. The monoisotopic (exact) mass is 554 g/mol. The van der Waals surface area contributed by atoms with E-state index < -0.39 is 11.6 Å². The fraction of sp³-hybridized carbons (Fsp3) is 0.162. The first-order valence-electron chi connectivity index (χ1n) is 14.1. The highest BCUT2D eigenvalue weighted by Crippen LogP contribution is 2.52. The van der Waals surface area contributed by atoms with Crippen LogP contribution >= 0.6 is 0 Å². The third-order valence-corrected chi connectivity index (χ3v) is 8.34. The first-order chi connectivity index (χ1) is 20.5. The largest absolute Gasteiger partial charge is 0.497 e. The Kier molecular flexibility index (Phi) is 6.23. The van der Waals surface area contributed by atoms with Gasteiger partial charge in [0.15, 0.2) is 5.60 Å². The Morgan fingerprint density at radius 3 is 2.26 bits per heavy atom. The van der Waals surface area contributed by atoms with E-state index in [9.17, 15) is 4.79 Å². The first-order valence-corrected chi connectivity index (χ1v) is 14.1. The molecule has 1 unspecified atom stereocenters. The molecule has 2 aliphatic rings. The number of esters is 1. The number of rotatable bonds is 5. The van der Waals surface area contributed by atoms with E-state index in [-0.39, 0.29) is 0 Å². The Balaban J connectivity index is 1.59. The fourth-order valence-corrected chi connectivity index (χ4v) is 6.26. The summed E-state index contributed by atoms with van der Waals surface area (Å²) in [7, 11) is 3.08. The van der Waals surface area contributed by atoms with Gasteiger partial charge in [0.2, 0.25) is 0 Å². The van der Waals surface area contributed by atoms with E-state index in [1.54, 1.807) is 7.11 Å². The third kappa shape index (κ3) is 3.96. The quantitative estimate of drug-likeness (QED) is 0.207. The minimum atomic E-state index is -0.955. The summed E-state index contributed by atoms with van der Waals surface area (Å²) < 4.78 is 24.2. The molecule has 2 heterocycles. The lowest BCUT2D eigenvalue weighted by Crippen LogP contribution is -2.35. The van der Waals surface area contributed by atoms with Gasteiger partial charge >= 0.3 is 5.97 Å². The smallest absolute Gasteiger partial charge is 0.339 e. The normalized spacial score (nSPS) is 16.7. The predicted molar refractivity (Wildman–Crippen MR) is 165 cm³/mol.